The summed E-state index contributed by atoms with van der Waals surface area (Å²) in [5.41, 5.74) is 1.08. The van der Waals surface area contributed by atoms with Crippen molar-refractivity contribution in [2.45, 2.75) is 38.1 Å². The molecule has 0 unspecified atom stereocenters. The third-order valence-corrected chi connectivity index (χ3v) is 5.83. The quantitative estimate of drug-likeness (QED) is 0.196. The first-order valence-electron chi connectivity index (χ1n) is 8.78. The van der Waals surface area contributed by atoms with Crippen molar-refractivity contribution in [2.24, 2.45) is 4.99 Å². The molecular formula is C17H27IN6O2S2. The first-order chi connectivity index (χ1) is 12.9. The van der Waals surface area contributed by atoms with Crippen molar-refractivity contribution < 1.29 is 8.42 Å². The predicted octanol–water partition coefficient (Wildman–Crippen LogP) is 2.31. The zero-order valence-electron chi connectivity index (χ0n) is 16.2. The second-order valence-corrected chi connectivity index (χ2v) is 8.74. The first-order valence-corrected chi connectivity index (χ1v) is 11.1. The monoisotopic (exact) mass is 538 g/mol. The fraction of sp³-hybridized carbons (Fsp3) is 0.471. The van der Waals surface area contributed by atoms with Gasteiger partial charge in [0.25, 0.3) is 0 Å². The van der Waals surface area contributed by atoms with Gasteiger partial charge < -0.3 is 10.6 Å². The van der Waals surface area contributed by atoms with Crippen LogP contribution in [-0.2, 0) is 16.6 Å². The lowest BCUT2D eigenvalue weighted by atomic mass is 10.2. The Bertz CT molecular complexity index is 840. The third kappa shape index (κ3) is 7.97. The van der Waals surface area contributed by atoms with Gasteiger partial charge in [-0.05, 0) is 25.0 Å². The number of nitrogens with one attached hydrogen (secondary N) is 3. The van der Waals surface area contributed by atoms with Crippen molar-refractivity contribution in [1.82, 2.24) is 25.3 Å². The molecule has 0 spiro atoms. The summed E-state index contributed by atoms with van der Waals surface area (Å²) in [6, 6.07) is 3.10. The highest BCUT2D eigenvalue weighted by molar-refractivity contribution is 14.0. The van der Waals surface area contributed by atoms with Crippen LogP contribution in [0.25, 0.3) is 0 Å². The molecule has 0 radical (unpaired) electrons. The van der Waals surface area contributed by atoms with E-state index in [1.807, 2.05) is 6.92 Å². The number of hydrogen-bond acceptors (Lipinski definition) is 6. The van der Waals surface area contributed by atoms with Crippen molar-refractivity contribution in [3.05, 3.63) is 40.6 Å². The average Bonchev–Trinajstić information content (AvgIpc) is 3.13. The van der Waals surface area contributed by atoms with Crippen LogP contribution in [0.3, 0.4) is 0 Å². The topological polar surface area (TPSA) is 108 Å². The normalized spacial score (nSPS) is 11.9. The van der Waals surface area contributed by atoms with Crippen LogP contribution in [-0.4, -0.2) is 44.0 Å². The Morgan fingerprint density at radius 3 is 2.68 bits per heavy atom. The molecule has 0 aliphatic rings. The number of aromatic nitrogens is 2. The molecule has 8 nitrogen and oxygen atoms in total. The fourth-order valence-corrected chi connectivity index (χ4v) is 3.98. The maximum Gasteiger partial charge on any atom is 0.242 e. The maximum atomic E-state index is 12.1. The van der Waals surface area contributed by atoms with E-state index >= 15 is 0 Å². The highest BCUT2D eigenvalue weighted by atomic mass is 127. The van der Waals surface area contributed by atoms with E-state index in [1.165, 1.54) is 18.5 Å². The van der Waals surface area contributed by atoms with Crippen LogP contribution in [0, 0.1) is 0 Å². The smallest absolute Gasteiger partial charge is 0.242 e. The van der Waals surface area contributed by atoms with Gasteiger partial charge in [0.2, 0.25) is 10.0 Å². The summed E-state index contributed by atoms with van der Waals surface area (Å²) in [6.07, 6.45) is 2.85. The van der Waals surface area contributed by atoms with Crippen LogP contribution in [0.2, 0.25) is 0 Å². The minimum atomic E-state index is -3.55. The highest BCUT2D eigenvalue weighted by Crippen LogP contribution is 2.18. The molecule has 0 saturated carbocycles. The Hall–Kier alpha value is -1.31. The molecule has 0 aliphatic carbocycles. The number of sulfonamides is 1. The van der Waals surface area contributed by atoms with Crippen LogP contribution in [0.5, 0.6) is 0 Å². The molecule has 0 aromatic carbocycles. The van der Waals surface area contributed by atoms with Crippen LogP contribution in [0.4, 0.5) is 0 Å². The van der Waals surface area contributed by atoms with Gasteiger partial charge in [0.05, 0.1) is 12.2 Å². The van der Waals surface area contributed by atoms with Gasteiger partial charge in [-0.1, -0.05) is 13.8 Å². The molecule has 2 rings (SSSR count). The van der Waals surface area contributed by atoms with E-state index in [2.05, 4.69) is 49.5 Å². The molecular weight excluding hydrogens is 511 g/mol. The Kier molecular flexibility index (Phi) is 10.9. The minimum Gasteiger partial charge on any atom is -0.357 e. The number of thiazole rings is 1. The molecule has 2 aromatic rings. The molecule has 28 heavy (non-hydrogen) atoms. The van der Waals surface area contributed by atoms with E-state index in [-0.39, 0.29) is 35.4 Å². The van der Waals surface area contributed by atoms with E-state index < -0.39 is 10.0 Å². The van der Waals surface area contributed by atoms with Crippen molar-refractivity contribution in [1.29, 1.82) is 0 Å². The number of aliphatic imine (C=N–C) groups is 1. The second kappa shape index (κ2) is 12.3. The van der Waals surface area contributed by atoms with Crippen molar-refractivity contribution in [3.63, 3.8) is 0 Å². The summed E-state index contributed by atoms with van der Waals surface area (Å²) in [4.78, 5) is 13.0. The van der Waals surface area contributed by atoms with Gasteiger partial charge >= 0.3 is 0 Å². The van der Waals surface area contributed by atoms with Gasteiger partial charge in [-0.15, -0.1) is 35.3 Å². The molecule has 0 bridgehead atoms. The number of pyridine rings is 1. The number of rotatable bonds is 9. The summed E-state index contributed by atoms with van der Waals surface area (Å²) in [5, 5.41) is 9.27. The summed E-state index contributed by atoms with van der Waals surface area (Å²) in [6.45, 7) is 8.02. The van der Waals surface area contributed by atoms with Gasteiger partial charge in [-0.25, -0.2) is 23.1 Å². The SMILES string of the molecule is CCNC(=NCc1nc(C(C)C)cs1)NCCNS(=O)(=O)c1cccnc1.I. The lowest BCUT2D eigenvalue weighted by Crippen LogP contribution is -2.41. The van der Waals surface area contributed by atoms with Gasteiger partial charge in [0.1, 0.15) is 9.90 Å². The molecule has 0 saturated heterocycles. The highest BCUT2D eigenvalue weighted by Gasteiger charge is 2.12. The van der Waals surface area contributed by atoms with Gasteiger partial charge in [0, 0.05) is 37.4 Å². The summed E-state index contributed by atoms with van der Waals surface area (Å²) in [5.74, 6) is 1.03. The Morgan fingerprint density at radius 1 is 1.29 bits per heavy atom. The zero-order valence-corrected chi connectivity index (χ0v) is 20.1. The standard InChI is InChI=1S/C17H26N6O2S2.HI/c1-4-19-17(21-11-16-23-15(12-26-16)13(2)3)20-8-9-22-27(24,25)14-6-5-7-18-10-14;/h5-7,10,12-13,22H,4,8-9,11H2,1-3H3,(H2,19,20,21);1H. The third-order valence-electron chi connectivity index (χ3n) is 3.53. The number of guanidine groups is 1. The van der Waals surface area contributed by atoms with E-state index in [9.17, 15) is 8.42 Å². The fourth-order valence-electron chi connectivity index (χ4n) is 2.11. The number of halogens is 1. The molecule has 0 fully saturated rings. The van der Waals surface area contributed by atoms with Crippen molar-refractivity contribution in [2.75, 3.05) is 19.6 Å². The van der Waals surface area contributed by atoms with Gasteiger partial charge in [-0.2, -0.15) is 0 Å². The zero-order chi connectivity index (χ0) is 19.7. The van der Waals surface area contributed by atoms with Crippen molar-refractivity contribution >= 4 is 51.3 Å². The van der Waals surface area contributed by atoms with E-state index in [1.54, 1.807) is 17.4 Å². The molecule has 2 aromatic heterocycles. The van der Waals surface area contributed by atoms with E-state index in [4.69, 9.17) is 0 Å². The van der Waals surface area contributed by atoms with Gasteiger partial charge in [0.15, 0.2) is 5.96 Å². The second-order valence-electron chi connectivity index (χ2n) is 6.03. The Morgan fingerprint density at radius 2 is 2.07 bits per heavy atom. The largest absolute Gasteiger partial charge is 0.357 e. The van der Waals surface area contributed by atoms with Crippen LogP contribution in [0.1, 0.15) is 37.4 Å². The first kappa shape index (κ1) is 24.7. The lowest BCUT2D eigenvalue weighted by Gasteiger charge is -2.11. The van der Waals surface area contributed by atoms with Gasteiger partial charge in [-0.3, -0.25) is 4.98 Å². The molecule has 3 N–H and O–H groups in total. The molecule has 11 heteroatoms. The van der Waals surface area contributed by atoms with Crippen molar-refractivity contribution in [3.8, 4) is 0 Å². The minimum absolute atomic E-state index is 0. The molecule has 2 heterocycles. The molecule has 0 atom stereocenters. The summed E-state index contributed by atoms with van der Waals surface area (Å²) in [7, 11) is -3.55. The number of nitrogens with zero attached hydrogens (tertiary/aromatic N) is 3. The van der Waals surface area contributed by atoms with Crippen LogP contribution < -0.4 is 15.4 Å². The van der Waals surface area contributed by atoms with Crippen LogP contribution in [0.15, 0.2) is 39.8 Å². The lowest BCUT2D eigenvalue weighted by molar-refractivity contribution is 0.580. The van der Waals surface area contributed by atoms with Crippen LogP contribution >= 0.6 is 35.3 Å². The molecule has 0 aliphatic heterocycles. The predicted molar refractivity (Wildman–Crippen MR) is 124 cm³/mol. The van der Waals surface area contributed by atoms with E-state index in [0.29, 0.717) is 31.5 Å². The van der Waals surface area contributed by atoms with E-state index in [0.717, 1.165) is 10.7 Å². The molecule has 156 valence electrons. The molecule has 0 amide bonds. The average molecular weight is 538 g/mol. The summed E-state index contributed by atoms with van der Waals surface area (Å²) >= 11 is 1.60. The Labute approximate surface area is 187 Å². The maximum absolute atomic E-state index is 12.1. The number of hydrogen-bond donors (Lipinski definition) is 3. The summed E-state index contributed by atoms with van der Waals surface area (Å²) < 4.78 is 26.8. The Balaban J connectivity index is 0.00000392.